The number of halogens is 2. The number of benzene rings is 1. The number of aromatic nitrogens is 1. The van der Waals surface area contributed by atoms with E-state index in [9.17, 15) is 0 Å². The van der Waals surface area contributed by atoms with Crippen molar-refractivity contribution in [3.63, 3.8) is 0 Å². The summed E-state index contributed by atoms with van der Waals surface area (Å²) in [5.74, 6) is 0.564. The lowest BCUT2D eigenvalue weighted by Crippen LogP contribution is -2.15. The molecule has 1 aliphatic carbocycles. The van der Waals surface area contributed by atoms with Gasteiger partial charge in [-0.25, -0.2) is 4.98 Å². The highest BCUT2D eigenvalue weighted by atomic mass is 79.9. The van der Waals surface area contributed by atoms with Crippen LogP contribution in [0.15, 0.2) is 33.4 Å². The van der Waals surface area contributed by atoms with Crippen LogP contribution in [0.4, 0.5) is 0 Å². The zero-order valence-electron chi connectivity index (χ0n) is 9.62. The maximum absolute atomic E-state index is 6.14. The van der Waals surface area contributed by atoms with Gasteiger partial charge in [0.1, 0.15) is 6.26 Å². The average molecular weight is 328 g/mol. The van der Waals surface area contributed by atoms with Gasteiger partial charge in [-0.1, -0.05) is 27.5 Å². The predicted octanol–water partition coefficient (Wildman–Crippen LogP) is 4.01. The van der Waals surface area contributed by atoms with Crippen molar-refractivity contribution in [1.29, 1.82) is 0 Å². The third kappa shape index (κ3) is 2.76. The van der Waals surface area contributed by atoms with Crippen molar-refractivity contribution in [2.75, 3.05) is 0 Å². The summed E-state index contributed by atoms with van der Waals surface area (Å²) in [4.78, 5) is 4.45. The summed E-state index contributed by atoms with van der Waals surface area (Å²) in [7, 11) is 0. The Kier molecular flexibility index (Phi) is 3.41. The molecule has 2 aromatic rings. The fraction of sp³-hybridized carbons (Fsp3) is 0.308. The summed E-state index contributed by atoms with van der Waals surface area (Å²) in [6.45, 7) is 0.750. The molecule has 3 rings (SSSR count). The second-order valence-corrected chi connectivity index (χ2v) is 5.75. The molecule has 0 spiro atoms. The van der Waals surface area contributed by atoms with Gasteiger partial charge >= 0.3 is 0 Å². The topological polar surface area (TPSA) is 38.1 Å². The van der Waals surface area contributed by atoms with E-state index < -0.39 is 0 Å². The molecule has 0 amide bonds. The average Bonchev–Trinajstić information content (AvgIpc) is 3.08. The van der Waals surface area contributed by atoms with Gasteiger partial charge in [0.25, 0.3) is 0 Å². The second-order valence-electron chi connectivity index (χ2n) is 4.42. The summed E-state index contributed by atoms with van der Waals surface area (Å²) in [6.07, 6.45) is 4.21. The molecule has 18 heavy (non-hydrogen) atoms. The summed E-state index contributed by atoms with van der Waals surface area (Å²) in [6, 6.07) is 6.30. The van der Waals surface area contributed by atoms with Crippen LogP contribution in [0.2, 0.25) is 5.02 Å². The Morgan fingerprint density at radius 1 is 1.44 bits per heavy atom. The van der Waals surface area contributed by atoms with E-state index in [2.05, 4.69) is 26.2 Å². The number of nitrogens with one attached hydrogen (secondary N) is 1. The van der Waals surface area contributed by atoms with E-state index in [1.165, 1.54) is 12.8 Å². The first-order valence-electron chi connectivity index (χ1n) is 5.85. The lowest BCUT2D eigenvalue weighted by molar-refractivity contribution is 0.570. The van der Waals surface area contributed by atoms with Gasteiger partial charge in [-0.2, -0.15) is 0 Å². The quantitative estimate of drug-likeness (QED) is 0.922. The molecule has 0 saturated heterocycles. The second kappa shape index (κ2) is 5.03. The lowest BCUT2D eigenvalue weighted by atomic mass is 10.2. The van der Waals surface area contributed by atoms with Crippen LogP contribution in [-0.4, -0.2) is 11.0 Å². The van der Waals surface area contributed by atoms with Gasteiger partial charge in [-0.15, -0.1) is 0 Å². The maximum atomic E-state index is 6.14. The predicted molar refractivity (Wildman–Crippen MR) is 74.5 cm³/mol. The molecule has 5 heteroatoms. The van der Waals surface area contributed by atoms with Gasteiger partial charge in [0, 0.05) is 17.1 Å². The van der Waals surface area contributed by atoms with E-state index in [0.717, 1.165) is 22.3 Å². The van der Waals surface area contributed by atoms with Gasteiger partial charge in [-0.3, -0.25) is 0 Å². The number of rotatable bonds is 4. The molecule has 94 valence electrons. The summed E-state index contributed by atoms with van der Waals surface area (Å²) >= 11 is 9.56. The third-order valence-corrected chi connectivity index (χ3v) is 3.68. The highest BCUT2D eigenvalue weighted by molar-refractivity contribution is 9.10. The molecule has 3 nitrogen and oxygen atoms in total. The third-order valence-electron chi connectivity index (χ3n) is 2.86. The first-order chi connectivity index (χ1) is 8.72. The standard InChI is InChI=1S/C13H12BrClN2O/c14-8-1-4-12(15)11(5-8)13-17-10(7-18-13)6-16-9-2-3-9/h1,4-5,7,9,16H,2-3,6H2. The van der Waals surface area contributed by atoms with Crippen LogP contribution in [0, 0.1) is 0 Å². The van der Waals surface area contributed by atoms with Crippen LogP contribution in [0.3, 0.4) is 0 Å². The monoisotopic (exact) mass is 326 g/mol. The zero-order chi connectivity index (χ0) is 12.5. The molecule has 0 radical (unpaired) electrons. The molecule has 1 heterocycles. The van der Waals surface area contributed by atoms with Crippen molar-refractivity contribution in [1.82, 2.24) is 10.3 Å². The van der Waals surface area contributed by atoms with Crippen molar-refractivity contribution in [2.24, 2.45) is 0 Å². The van der Waals surface area contributed by atoms with Gasteiger partial charge < -0.3 is 9.73 Å². The van der Waals surface area contributed by atoms with E-state index in [-0.39, 0.29) is 0 Å². The van der Waals surface area contributed by atoms with Crippen molar-refractivity contribution >= 4 is 27.5 Å². The molecule has 0 aliphatic heterocycles. The van der Waals surface area contributed by atoms with Crippen LogP contribution in [0.25, 0.3) is 11.5 Å². The maximum Gasteiger partial charge on any atom is 0.227 e. The Bertz CT molecular complexity index is 566. The minimum Gasteiger partial charge on any atom is -0.444 e. The smallest absolute Gasteiger partial charge is 0.227 e. The summed E-state index contributed by atoms with van der Waals surface area (Å²) < 4.78 is 6.44. The van der Waals surface area contributed by atoms with Crippen molar-refractivity contribution in [3.8, 4) is 11.5 Å². The van der Waals surface area contributed by atoms with Crippen molar-refractivity contribution in [2.45, 2.75) is 25.4 Å². The lowest BCUT2D eigenvalue weighted by Gasteiger charge is -2.00. The summed E-state index contributed by atoms with van der Waals surface area (Å²) in [5.41, 5.74) is 1.72. The van der Waals surface area contributed by atoms with Gasteiger partial charge in [0.05, 0.1) is 16.3 Å². The zero-order valence-corrected chi connectivity index (χ0v) is 12.0. The Hall–Kier alpha value is -0.840. The minimum absolute atomic E-state index is 0.564. The van der Waals surface area contributed by atoms with Gasteiger partial charge in [-0.05, 0) is 31.0 Å². The highest BCUT2D eigenvalue weighted by Crippen LogP contribution is 2.30. The van der Waals surface area contributed by atoms with Crippen molar-refractivity contribution < 1.29 is 4.42 Å². The van der Waals surface area contributed by atoms with Crippen LogP contribution < -0.4 is 5.32 Å². The first kappa shape index (κ1) is 12.2. The number of hydrogen-bond acceptors (Lipinski definition) is 3. The Morgan fingerprint density at radius 3 is 3.06 bits per heavy atom. The molecule has 1 N–H and O–H groups in total. The first-order valence-corrected chi connectivity index (χ1v) is 7.02. The van der Waals surface area contributed by atoms with Crippen molar-refractivity contribution in [3.05, 3.63) is 39.7 Å². The molecule has 0 unspecified atom stereocenters. The molecule has 0 bridgehead atoms. The largest absolute Gasteiger partial charge is 0.444 e. The van der Waals surface area contributed by atoms with E-state index in [1.807, 2.05) is 18.2 Å². The Morgan fingerprint density at radius 2 is 2.28 bits per heavy atom. The van der Waals surface area contributed by atoms with Crippen LogP contribution >= 0.6 is 27.5 Å². The molecular formula is C13H12BrClN2O. The van der Waals surface area contributed by atoms with E-state index in [1.54, 1.807) is 6.26 Å². The van der Waals surface area contributed by atoms with E-state index in [4.69, 9.17) is 16.0 Å². The van der Waals surface area contributed by atoms with Crippen LogP contribution in [-0.2, 0) is 6.54 Å². The van der Waals surface area contributed by atoms with E-state index >= 15 is 0 Å². The fourth-order valence-corrected chi connectivity index (χ4v) is 2.27. The molecule has 1 aromatic heterocycles. The Labute approximate surface area is 119 Å². The van der Waals surface area contributed by atoms with Gasteiger partial charge in [0.2, 0.25) is 5.89 Å². The number of nitrogens with zero attached hydrogens (tertiary/aromatic N) is 1. The SMILES string of the molecule is Clc1ccc(Br)cc1-c1nc(CNC2CC2)co1. The fourth-order valence-electron chi connectivity index (χ4n) is 1.71. The van der Waals surface area contributed by atoms with Crippen LogP contribution in [0.5, 0.6) is 0 Å². The highest BCUT2D eigenvalue weighted by Gasteiger charge is 2.20. The molecule has 1 fully saturated rings. The molecule has 1 saturated carbocycles. The molecule has 0 atom stereocenters. The number of oxazole rings is 1. The normalized spacial score (nSPS) is 15.0. The molecule has 1 aliphatic rings. The Balaban J connectivity index is 1.80. The van der Waals surface area contributed by atoms with Gasteiger partial charge in [0.15, 0.2) is 0 Å². The van der Waals surface area contributed by atoms with E-state index in [0.29, 0.717) is 17.0 Å². The number of hydrogen-bond donors (Lipinski definition) is 1. The molecular weight excluding hydrogens is 316 g/mol. The molecule has 1 aromatic carbocycles. The summed E-state index contributed by atoms with van der Waals surface area (Å²) in [5, 5.41) is 4.04. The van der Waals surface area contributed by atoms with Crippen LogP contribution in [0.1, 0.15) is 18.5 Å². The minimum atomic E-state index is 0.564.